The molecule has 0 bridgehead atoms. The van der Waals surface area contributed by atoms with E-state index in [1.165, 1.54) is 56.9 Å². The first-order valence-electron chi connectivity index (χ1n) is 11.6. The maximum atomic E-state index is 6.20. The Hall–Kier alpha value is -0.940. The van der Waals surface area contributed by atoms with Crippen molar-refractivity contribution in [3.63, 3.8) is 0 Å². The largest absolute Gasteiger partial charge is 0.376 e. The number of ether oxygens (including phenoxy) is 4. The van der Waals surface area contributed by atoms with Crippen molar-refractivity contribution >= 4 is 0 Å². The van der Waals surface area contributed by atoms with Crippen molar-refractivity contribution in [2.75, 3.05) is 19.8 Å². The molecule has 166 valence electrons. The third-order valence-corrected chi connectivity index (χ3v) is 5.38. The fourth-order valence-corrected chi connectivity index (χ4v) is 3.69. The van der Waals surface area contributed by atoms with E-state index in [4.69, 9.17) is 18.9 Å². The van der Waals surface area contributed by atoms with E-state index in [0.717, 1.165) is 6.42 Å². The van der Waals surface area contributed by atoms with Crippen LogP contribution in [0, 0.1) is 0 Å². The Kier molecular flexibility index (Phi) is 11.9. The van der Waals surface area contributed by atoms with Crippen LogP contribution in [0.5, 0.6) is 0 Å². The lowest BCUT2D eigenvalue weighted by Gasteiger charge is -2.20. The van der Waals surface area contributed by atoms with E-state index in [-0.39, 0.29) is 12.2 Å². The smallest absolute Gasteiger partial charge is 0.163 e. The van der Waals surface area contributed by atoms with Crippen LogP contribution < -0.4 is 0 Å². The number of unbranched alkanes of at least 4 members (excludes halogenated alkanes) is 7. The normalized spacial score (nSPS) is 19.5. The summed E-state index contributed by atoms with van der Waals surface area (Å²) >= 11 is 0. The molecule has 29 heavy (non-hydrogen) atoms. The molecule has 1 heterocycles. The first-order valence-corrected chi connectivity index (χ1v) is 11.6. The van der Waals surface area contributed by atoms with Crippen molar-refractivity contribution in [2.24, 2.45) is 0 Å². The van der Waals surface area contributed by atoms with Crippen LogP contribution in [0.2, 0.25) is 0 Å². The second-order valence-corrected chi connectivity index (χ2v) is 8.67. The molecule has 0 radical (unpaired) electrons. The summed E-state index contributed by atoms with van der Waals surface area (Å²) in [5.41, 5.74) is 1.21. The molecule has 0 spiro atoms. The Labute approximate surface area is 178 Å². The molecule has 1 aromatic rings. The number of benzene rings is 1. The Bertz CT molecular complexity index is 517. The number of rotatable bonds is 16. The molecule has 1 aromatic carbocycles. The van der Waals surface area contributed by atoms with Gasteiger partial charge in [-0.2, -0.15) is 0 Å². The molecule has 4 nitrogen and oxygen atoms in total. The zero-order valence-corrected chi connectivity index (χ0v) is 18.9. The lowest BCUT2D eigenvalue weighted by molar-refractivity contribution is -0.147. The number of hydrogen-bond acceptors (Lipinski definition) is 4. The topological polar surface area (TPSA) is 36.9 Å². The molecular formula is C25H42O4. The molecular weight excluding hydrogens is 364 g/mol. The lowest BCUT2D eigenvalue weighted by atomic mass is 10.1. The predicted octanol–water partition coefficient (Wildman–Crippen LogP) is 6.27. The SMILES string of the molecule is CCCCCCCCCCC(COCC1COC(C)(C)O1)OCc1ccccc1. The predicted molar refractivity (Wildman–Crippen MR) is 118 cm³/mol. The van der Waals surface area contributed by atoms with Gasteiger partial charge in [0.15, 0.2) is 5.79 Å². The third-order valence-electron chi connectivity index (χ3n) is 5.38. The molecule has 1 fully saturated rings. The van der Waals surface area contributed by atoms with Crippen LogP contribution in [0.1, 0.15) is 84.1 Å². The van der Waals surface area contributed by atoms with Gasteiger partial charge in [-0.3, -0.25) is 0 Å². The van der Waals surface area contributed by atoms with Gasteiger partial charge in [-0.05, 0) is 25.8 Å². The van der Waals surface area contributed by atoms with Crippen molar-refractivity contribution in [1.29, 1.82) is 0 Å². The summed E-state index contributed by atoms with van der Waals surface area (Å²) in [4.78, 5) is 0. The molecule has 2 rings (SSSR count). The van der Waals surface area contributed by atoms with Gasteiger partial charge in [0.25, 0.3) is 0 Å². The van der Waals surface area contributed by atoms with Gasteiger partial charge in [0.1, 0.15) is 6.10 Å². The van der Waals surface area contributed by atoms with E-state index in [1.54, 1.807) is 0 Å². The summed E-state index contributed by atoms with van der Waals surface area (Å²) in [6, 6.07) is 10.4. The molecule has 0 N–H and O–H groups in total. The average Bonchev–Trinajstić information content (AvgIpc) is 3.07. The van der Waals surface area contributed by atoms with E-state index >= 15 is 0 Å². The summed E-state index contributed by atoms with van der Waals surface area (Å²) < 4.78 is 23.6. The van der Waals surface area contributed by atoms with Crippen molar-refractivity contribution in [1.82, 2.24) is 0 Å². The average molecular weight is 407 g/mol. The maximum absolute atomic E-state index is 6.20. The highest BCUT2D eigenvalue weighted by Gasteiger charge is 2.32. The zero-order valence-electron chi connectivity index (χ0n) is 18.9. The Morgan fingerprint density at radius 3 is 2.34 bits per heavy atom. The van der Waals surface area contributed by atoms with Gasteiger partial charge in [-0.25, -0.2) is 0 Å². The van der Waals surface area contributed by atoms with E-state index in [1.807, 2.05) is 19.9 Å². The Balaban J connectivity index is 1.65. The quantitative estimate of drug-likeness (QED) is 0.303. The summed E-state index contributed by atoms with van der Waals surface area (Å²) in [6.07, 6.45) is 11.8. The molecule has 2 unspecified atom stereocenters. The summed E-state index contributed by atoms with van der Waals surface area (Å²) in [5, 5.41) is 0. The van der Waals surface area contributed by atoms with Crippen LogP contribution >= 0.6 is 0 Å². The van der Waals surface area contributed by atoms with E-state index in [2.05, 4.69) is 31.2 Å². The van der Waals surface area contributed by atoms with Crippen LogP contribution in [0.15, 0.2) is 30.3 Å². The molecule has 2 atom stereocenters. The van der Waals surface area contributed by atoms with Crippen molar-refractivity contribution < 1.29 is 18.9 Å². The highest BCUT2D eigenvalue weighted by Crippen LogP contribution is 2.22. The van der Waals surface area contributed by atoms with Gasteiger partial charge in [-0.1, -0.05) is 88.6 Å². The monoisotopic (exact) mass is 406 g/mol. The van der Waals surface area contributed by atoms with Crippen molar-refractivity contribution in [3.05, 3.63) is 35.9 Å². The second-order valence-electron chi connectivity index (χ2n) is 8.67. The minimum Gasteiger partial charge on any atom is -0.376 e. The molecule has 1 aliphatic heterocycles. The van der Waals surface area contributed by atoms with Crippen molar-refractivity contribution in [3.8, 4) is 0 Å². The van der Waals surface area contributed by atoms with Gasteiger partial charge in [-0.15, -0.1) is 0 Å². The van der Waals surface area contributed by atoms with Gasteiger partial charge in [0, 0.05) is 0 Å². The Morgan fingerprint density at radius 1 is 1.00 bits per heavy atom. The molecule has 0 aromatic heterocycles. The molecule has 0 saturated carbocycles. The molecule has 0 amide bonds. The second kappa shape index (κ2) is 14.1. The maximum Gasteiger partial charge on any atom is 0.163 e. The summed E-state index contributed by atoms with van der Waals surface area (Å²) in [6.45, 7) is 8.57. The fraction of sp³-hybridized carbons (Fsp3) is 0.760. The zero-order chi connectivity index (χ0) is 20.8. The summed E-state index contributed by atoms with van der Waals surface area (Å²) in [7, 11) is 0. The van der Waals surface area contributed by atoms with Gasteiger partial charge in [0.2, 0.25) is 0 Å². The first-order chi connectivity index (χ1) is 14.1. The van der Waals surface area contributed by atoms with E-state index in [0.29, 0.717) is 26.4 Å². The fourth-order valence-electron chi connectivity index (χ4n) is 3.69. The highest BCUT2D eigenvalue weighted by atomic mass is 16.7. The standard InChI is InChI=1S/C25H42O4/c1-4-5-6-7-8-9-10-14-17-23(27-18-22-15-12-11-13-16-22)19-26-20-24-21-28-25(2,3)29-24/h11-13,15-16,23-24H,4-10,14,17-21H2,1-3H3. The van der Waals surface area contributed by atoms with Crippen LogP contribution in [0.4, 0.5) is 0 Å². The number of hydrogen-bond donors (Lipinski definition) is 0. The van der Waals surface area contributed by atoms with Gasteiger partial charge in [0.05, 0.1) is 32.5 Å². The highest BCUT2D eigenvalue weighted by molar-refractivity contribution is 5.13. The minimum absolute atomic E-state index is 0.0166. The summed E-state index contributed by atoms with van der Waals surface area (Å²) in [5.74, 6) is -0.492. The third kappa shape index (κ3) is 11.1. The van der Waals surface area contributed by atoms with E-state index < -0.39 is 5.79 Å². The van der Waals surface area contributed by atoms with E-state index in [9.17, 15) is 0 Å². The molecule has 1 saturated heterocycles. The minimum atomic E-state index is -0.492. The van der Waals surface area contributed by atoms with Crippen LogP contribution in [-0.2, 0) is 25.6 Å². The van der Waals surface area contributed by atoms with Gasteiger partial charge < -0.3 is 18.9 Å². The molecule has 1 aliphatic rings. The van der Waals surface area contributed by atoms with Crippen LogP contribution in [0.3, 0.4) is 0 Å². The van der Waals surface area contributed by atoms with Crippen LogP contribution in [-0.4, -0.2) is 37.8 Å². The Morgan fingerprint density at radius 2 is 1.69 bits per heavy atom. The van der Waals surface area contributed by atoms with Crippen LogP contribution in [0.25, 0.3) is 0 Å². The molecule has 4 heteroatoms. The van der Waals surface area contributed by atoms with Crippen molar-refractivity contribution in [2.45, 2.75) is 103 Å². The first kappa shape index (κ1) is 24.3. The lowest BCUT2D eigenvalue weighted by Crippen LogP contribution is -2.27. The van der Waals surface area contributed by atoms with Gasteiger partial charge >= 0.3 is 0 Å². The molecule has 0 aliphatic carbocycles.